The second-order valence-electron chi connectivity index (χ2n) is 5.44. The van der Waals surface area contributed by atoms with E-state index < -0.39 is 6.10 Å². The van der Waals surface area contributed by atoms with Crippen molar-refractivity contribution in [3.63, 3.8) is 0 Å². The minimum Gasteiger partial charge on any atom is -0.392 e. The average Bonchev–Trinajstić information content (AvgIpc) is 2.88. The van der Waals surface area contributed by atoms with Gasteiger partial charge >= 0.3 is 0 Å². The molecule has 2 aliphatic carbocycles. The summed E-state index contributed by atoms with van der Waals surface area (Å²) in [5, 5.41) is 16.9. The normalized spacial score (nSPS) is 27.4. The Morgan fingerprint density at radius 2 is 2.28 bits per heavy atom. The molecule has 2 unspecified atom stereocenters. The van der Waals surface area contributed by atoms with Gasteiger partial charge in [0.2, 0.25) is 5.91 Å². The average molecular weight is 249 g/mol. The van der Waals surface area contributed by atoms with Crippen LogP contribution >= 0.6 is 0 Å². The first-order chi connectivity index (χ1) is 8.74. The van der Waals surface area contributed by atoms with E-state index in [4.69, 9.17) is 0 Å². The molecule has 98 valence electrons. The van der Waals surface area contributed by atoms with Crippen molar-refractivity contribution in [3.8, 4) is 0 Å². The summed E-state index contributed by atoms with van der Waals surface area (Å²) in [7, 11) is 0. The van der Waals surface area contributed by atoms with Crippen LogP contribution in [-0.4, -0.2) is 26.9 Å². The monoisotopic (exact) mass is 249 g/mol. The van der Waals surface area contributed by atoms with Crippen molar-refractivity contribution in [2.45, 2.75) is 44.8 Å². The van der Waals surface area contributed by atoms with Gasteiger partial charge in [-0.1, -0.05) is 0 Å². The zero-order chi connectivity index (χ0) is 12.5. The highest BCUT2D eigenvalue weighted by Gasteiger charge is 2.32. The molecule has 1 aromatic heterocycles. The summed E-state index contributed by atoms with van der Waals surface area (Å²) >= 11 is 0. The molecule has 5 nitrogen and oxygen atoms in total. The summed E-state index contributed by atoms with van der Waals surface area (Å²) < 4.78 is 1.86. The molecule has 1 heterocycles. The zero-order valence-electron chi connectivity index (χ0n) is 10.4. The van der Waals surface area contributed by atoms with Gasteiger partial charge < -0.3 is 10.4 Å². The molecule has 0 spiro atoms. The predicted octanol–water partition coefficient (Wildman–Crippen LogP) is 1.39. The molecule has 0 saturated heterocycles. The molecule has 18 heavy (non-hydrogen) atoms. The highest BCUT2D eigenvalue weighted by molar-refractivity contribution is 5.92. The van der Waals surface area contributed by atoms with E-state index in [1.54, 1.807) is 6.20 Å². The molecule has 0 aliphatic heterocycles. The third kappa shape index (κ3) is 2.41. The Bertz CT molecular complexity index is 439. The summed E-state index contributed by atoms with van der Waals surface area (Å²) in [6, 6.07) is 1.82. The number of rotatable bonds is 4. The number of aliphatic hydroxyl groups is 1. The largest absolute Gasteiger partial charge is 0.392 e. The van der Waals surface area contributed by atoms with Gasteiger partial charge in [0.1, 0.15) is 5.82 Å². The molecule has 0 aromatic carbocycles. The third-order valence-electron chi connectivity index (χ3n) is 3.91. The molecule has 2 atom stereocenters. The molecule has 2 aliphatic rings. The van der Waals surface area contributed by atoms with E-state index in [0.717, 1.165) is 37.5 Å². The summed E-state index contributed by atoms with van der Waals surface area (Å²) in [6.07, 6.45) is 6.19. The lowest BCUT2D eigenvalue weighted by atomic mass is 10.1. The first-order valence-electron chi connectivity index (χ1n) is 6.75. The quantitative estimate of drug-likeness (QED) is 0.847. The number of anilines is 1. The Kier molecular flexibility index (Phi) is 3.07. The van der Waals surface area contributed by atoms with Crippen molar-refractivity contribution in [2.75, 3.05) is 5.32 Å². The minimum absolute atomic E-state index is 0.0717. The Morgan fingerprint density at radius 3 is 2.94 bits per heavy atom. The maximum absolute atomic E-state index is 12.1. The Hall–Kier alpha value is -1.36. The van der Waals surface area contributed by atoms with Gasteiger partial charge in [-0.2, -0.15) is 5.10 Å². The van der Waals surface area contributed by atoms with Crippen molar-refractivity contribution >= 4 is 11.7 Å². The SMILES string of the molecule is O=C(Nc1ccnn1CC1CC1)C1CCCC1O. The van der Waals surface area contributed by atoms with Crippen LogP contribution < -0.4 is 5.32 Å². The summed E-state index contributed by atoms with van der Waals surface area (Å²) in [6.45, 7) is 0.885. The number of nitrogens with zero attached hydrogens (tertiary/aromatic N) is 2. The maximum atomic E-state index is 12.1. The van der Waals surface area contributed by atoms with E-state index in [9.17, 15) is 9.90 Å². The minimum atomic E-state index is -0.482. The molecule has 1 aromatic rings. The van der Waals surface area contributed by atoms with Gasteiger partial charge in [0, 0.05) is 12.6 Å². The highest BCUT2D eigenvalue weighted by atomic mass is 16.3. The first-order valence-corrected chi connectivity index (χ1v) is 6.75. The first kappa shape index (κ1) is 11.7. The van der Waals surface area contributed by atoms with Crippen LogP contribution in [0, 0.1) is 11.8 Å². The van der Waals surface area contributed by atoms with Crippen LogP contribution in [0.2, 0.25) is 0 Å². The number of aromatic nitrogens is 2. The molecule has 0 radical (unpaired) electrons. The lowest BCUT2D eigenvalue weighted by Crippen LogP contribution is -2.29. The van der Waals surface area contributed by atoms with Crippen LogP contribution in [0.1, 0.15) is 32.1 Å². The van der Waals surface area contributed by atoms with Crippen LogP contribution in [0.15, 0.2) is 12.3 Å². The fourth-order valence-corrected chi connectivity index (χ4v) is 2.59. The molecule has 2 fully saturated rings. The van der Waals surface area contributed by atoms with Gasteiger partial charge in [-0.25, -0.2) is 4.68 Å². The van der Waals surface area contributed by atoms with Crippen molar-refractivity contribution in [2.24, 2.45) is 11.8 Å². The summed E-state index contributed by atoms with van der Waals surface area (Å²) in [5.74, 6) is 1.15. The van der Waals surface area contributed by atoms with Crippen LogP contribution in [-0.2, 0) is 11.3 Å². The van der Waals surface area contributed by atoms with Gasteiger partial charge in [-0.3, -0.25) is 4.79 Å². The Balaban J connectivity index is 1.64. The second kappa shape index (κ2) is 4.72. The fraction of sp³-hybridized carbons (Fsp3) is 0.692. The van der Waals surface area contributed by atoms with Gasteiger partial charge in [0.15, 0.2) is 0 Å². The Morgan fingerprint density at radius 1 is 1.44 bits per heavy atom. The smallest absolute Gasteiger partial charge is 0.231 e. The van der Waals surface area contributed by atoms with Gasteiger partial charge in [-0.05, 0) is 38.0 Å². The molecule has 0 bridgehead atoms. The summed E-state index contributed by atoms with van der Waals surface area (Å²) in [4.78, 5) is 12.1. The molecular formula is C13H19N3O2. The Labute approximate surface area is 106 Å². The lowest BCUT2D eigenvalue weighted by molar-refractivity contribution is -0.122. The van der Waals surface area contributed by atoms with E-state index in [-0.39, 0.29) is 11.8 Å². The van der Waals surface area contributed by atoms with Crippen LogP contribution in [0.25, 0.3) is 0 Å². The van der Waals surface area contributed by atoms with Crippen LogP contribution in [0.4, 0.5) is 5.82 Å². The number of hydrogen-bond acceptors (Lipinski definition) is 3. The fourth-order valence-electron chi connectivity index (χ4n) is 2.59. The number of aliphatic hydroxyl groups excluding tert-OH is 1. The lowest BCUT2D eigenvalue weighted by Gasteiger charge is -2.15. The highest BCUT2D eigenvalue weighted by Crippen LogP contribution is 2.31. The number of nitrogens with one attached hydrogen (secondary N) is 1. The molecule has 1 amide bonds. The standard InChI is InChI=1S/C13H19N3O2/c17-11-3-1-2-10(11)13(18)15-12-6-7-14-16(12)8-9-4-5-9/h6-7,9-11,17H,1-5,8H2,(H,15,18). The van der Waals surface area contributed by atoms with Crippen molar-refractivity contribution < 1.29 is 9.90 Å². The van der Waals surface area contributed by atoms with Crippen molar-refractivity contribution in [1.29, 1.82) is 0 Å². The number of amides is 1. The maximum Gasteiger partial charge on any atom is 0.231 e. The molecule has 3 rings (SSSR count). The predicted molar refractivity (Wildman–Crippen MR) is 66.9 cm³/mol. The summed E-state index contributed by atoms with van der Waals surface area (Å²) in [5.41, 5.74) is 0. The third-order valence-corrected chi connectivity index (χ3v) is 3.91. The van der Waals surface area contributed by atoms with E-state index >= 15 is 0 Å². The molecular weight excluding hydrogens is 230 g/mol. The molecule has 2 N–H and O–H groups in total. The van der Waals surface area contributed by atoms with Gasteiger partial charge in [0.25, 0.3) is 0 Å². The zero-order valence-corrected chi connectivity index (χ0v) is 10.4. The van der Waals surface area contributed by atoms with E-state index in [2.05, 4.69) is 10.4 Å². The number of hydrogen-bond donors (Lipinski definition) is 2. The topological polar surface area (TPSA) is 67.2 Å². The van der Waals surface area contributed by atoms with E-state index in [1.807, 2.05) is 10.7 Å². The van der Waals surface area contributed by atoms with Crippen molar-refractivity contribution in [1.82, 2.24) is 9.78 Å². The van der Waals surface area contributed by atoms with E-state index in [1.165, 1.54) is 12.8 Å². The molecule has 5 heteroatoms. The van der Waals surface area contributed by atoms with Gasteiger partial charge in [0.05, 0.1) is 18.2 Å². The van der Waals surface area contributed by atoms with Crippen molar-refractivity contribution in [3.05, 3.63) is 12.3 Å². The van der Waals surface area contributed by atoms with Gasteiger partial charge in [-0.15, -0.1) is 0 Å². The van der Waals surface area contributed by atoms with Crippen LogP contribution in [0.3, 0.4) is 0 Å². The number of carbonyl (C=O) groups is 1. The molecule has 2 saturated carbocycles. The van der Waals surface area contributed by atoms with Crippen LogP contribution in [0.5, 0.6) is 0 Å². The number of carbonyl (C=O) groups excluding carboxylic acids is 1. The second-order valence-corrected chi connectivity index (χ2v) is 5.44. The van der Waals surface area contributed by atoms with E-state index in [0.29, 0.717) is 0 Å².